The number of carbonyl (C=O) groups excluding carboxylic acids is 3. The molecule has 0 saturated heterocycles. The molecule has 2 heterocycles. The van der Waals surface area contributed by atoms with Gasteiger partial charge in [0.2, 0.25) is 0 Å². The largest absolute Gasteiger partial charge is 0.506 e. The number of phenolic OH excluding ortho intramolecular Hbond substituents is 1. The maximum absolute atomic E-state index is 13.4. The smallest absolute Gasteiger partial charge is 0.262 e. The number of rotatable bonds is 14. The monoisotopic (exact) mass is 820 g/mol. The van der Waals surface area contributed by atoms with Crippen molar-refractivity contribution >= 4 is 63.1 Å². The fourth-order valence-electron chi connectivity index (χ4n) is 6.81. The number of hydrogen-bond donors (Lipinski definition) is 6. The van der Waals surface area contributed by atoms with Crippen molar-refractivity contribution in [2.24, 2.45) is 5.73 Å². The number of aryl methyl sites for hydroxylation is 2. The molecule has 13 heteroatoms. The van der Waals surface area contributed by atoms with Crippen molar-refractivity contribution in [2.75, 3.05) is 42.8 Å². The van der Waals surface area contributed by atoms with Crippen LogP contribution in [0.25, 0.3) is 10.9 Å². The van der Waals surface area contributed by atoms with E-state index in [2.05, 4.69) is 38.1 Å². The minimum absolute atomic E-state index is 0.00810. The number of nitrogens with two attached hydrogens (primary N) is 1. The molecular formula is C47H44N6O6S. The van der Waals surface area contributed by atoms with Crippen LogP contribution in [0, 0.1) is 25.7 Å². The molecule has 0 bridgehead atoms. The Kier molecular flexibility index (Phi) is 12.8. The summed E-state index contributed by atoms with van der Waals surface area (Å²) >= 11 is 1.50. The Morgan fingerprint density at radius 2 is 1.82 bits per heavy atom. The fraction of sp³-hybridized carbons (Fsp3) is 0.191. The van der Waals surface area contributed by atoms with Gasteiger partial charge in [0, 0.05) is 56.4 Å². The zero-order valence-electron chi connectivity index (χ0n) is 33.4. The van der Waals surface area contributed by atoms with E-state index in [0.717, 1.165) is 61.6 Å². The number of nitrogens with one attached hydrogen (secondary N) is 4. The predicted molar refractivity (Wildman–Crippen MR) is 236 cm³/mol. The van der Waals surface area contributed by atoms with E-state index in [9.17, 15) is 19.5 Å². The van der Waals surface area contributed by atoms with Crippen molar-refractivity contribution in [3.63, 3.8) is 0 Å². The number of nitrogens with zero attached hydrogens (tertiary/aromatic N) is 1. The molecule has 0 fully saturated rings. The minimum Gasteiger partial charge on any atom is -0.506 e. The number of ether oxygens (including phenoxy) is 2. The van der Waals surface area contributed by atoms with E-state index in [-0.39, 0.29) is 29.7 Å². The third-order valence-corrected chi connectivity index (χ3v) is 10.8. The molecule has 1 aromatic heterocycles. The fourth-order valence-corrected chi connectivity index (χ4v) is 7.83. The lowest BCUT2D eigenvalue weighted by atomic mass is 10.1. The van der Waals surface area contributed by atoms with Gasteiger partial charge in [0.05, 0.1) is 23.9 Å². The molecule has 6 aromatic rings. The number of anilines is 4. The molecule has 7 N–H and O–H groups in total. The van der Waals surface area contributed by atoms with Crippen LogP contribution < -0.4 is 36.5 Å². The Hall–Kier alpha value is -7.01. The topological polar surface area (TPSA) is 177 Å². The summed E-state index contributed by atoms with van der Waals surface area (Å²) in [6.45, 7) is 5.38. The Labute approximate surface area is 352 Å². The standard InChI is InChI=1S/C47H44N6O6S/c1-28-21-34(16-14-30(28)9-5-4-6-19-49-20-18-31-15-17-40(54)44-45(31)59-27-41(55)53-44)52-47(57)32-10-7-13-36(23-32)60-37-22-29(2)42-38(25-37)43(39(26-50-42)46(48)56)51-33-11-8-12-35(24-33)58-3/h7-8,10-17,21-26,49,54H,4,6,18-20,27H2,1-3H3,(H2,48,56)(H,50,51)(H,52,57)(H,53,55). The van der Waals surface area contributed by atoms with E-state index < -0.39 is 5.91 Å². The van der Waals surface area contributed by atoms with Gasteiger partial charge in [0.1, 0.15) is 17.2 Å². The van der Waals surface area contributed by atoms with Crippen LogP contribution in [0.5, 0.6) is 17.2 Å². The first kappa shape index (κ1) is 41.2. The Balaban J connectivity index is 0.944. The summed E-state index contributed by atoms with van der Waals surface area (Å²) in [6.07, 6.45) is 3.77. The second-order valence-electron chi connectivity index (χ2n) is 14.2. The average Bonchev–Trinajstić information content (AvgIpc) is 3.23. The lowest BCUT2D eigenvalue weighted by molar-refractivity contribution is -0.118. The number of aromatic nitrogens is 1. The summed E-state index contributed by atoms with van der Waals surface area (Å²) in [5.74, 6) is 6.57. The molecule has 5 aromatic carbocycles. The van der Waals surface area contributed by atoms with Gasteiger partial charge in [-0.1, -0.05) is 41.8 Å². The second kappa shape index (κ2) is 18.7. The van der Waals surface area contributed by atoms with Crippen LogP contribution in [0.2, 0.25) is 0 Å². The van der Waals surface area contributed by atoms with E-state index in [4.69, 9.17) is 15.2 Å². The van der Waals surface area contributed by atoms with Gasteiger partial charge in [-0.2, -0.15) is 0 Å². The van der Waals surface area contributed by atoms with E-state index in [0.29, 0.717) is 53.5 Å². The lowest BCUT2D eigenvalue weighted by Gasteiger charge is -2.21. The van der Waals surface area contributed by atoms with Crippen molar-refractivity contribution in [3.8, 4) is 29.1 Å². The van der Waals surface area contributed by atoms with Crippen LogP contribution in [0.4, 0.5) is 22.7 Å². The van der Waals surface area contributed by atoms with Crippen molar-refractivity contribution < 1.29 is 29.0 Å². The SMILES string of the molecule is COc1cccc(Nc2c(C(N)=O)cnc3c(C)cc(Sc4cccc(C(=O)Nc5ccc(C#CCCCNCCc6ccc(O)c7c6OCC(=O)N7)c(C)c5)c4)cc23)c1. The van der Waals surface area contributed by atoms with E-state index in [1.807, 2.05) is 92.7 Å². The van der Waals surface area contributed by atoms with Gasteiger partial charge >= 0.3 is 0 Å². The summed E-state index contributed by atoms with van der Waals surface area (Å²) in [7, 11) is 1.60. The number of aromatic hydroxyl groups is 1. The van der Waals surface area contributed by atoms with Crippen molar-refractivity contribution in [1.82, 2.24) is 10.3 Å². The van der Waals surface area contributed by atoms with Gasteiger partial charge in [-0.25, -0.2) is 0 Å². The van der Waals surface area contributed by atoms with Gasteiger partial charge in [0.25, 0.3) is 17.7 Å². The number of benzene rings is 5. The number of methoxy groups -OCH3 is 1. The summed E-state index contributed by atoms with van der Waals surface area (Å²) in [5, 5.41) is 23.3. The number of amides is 3. The molecule has 0 radical (unpaired) electrons. The lowest BCUT2D eigenvalue weighted by Crippen LogP contribution is -2.26. The first-order valence-electron chi connectivity index (χ1n) is 19.4. The van der Waals surface area contributed by atoms with Crippen LogP contribution >= 0.6 is 11.8 Å². The van der Waals surface area contributed by atoms with E-state index in [1.165, 1.54) is 18.0 Å². The molecule has 12 nitrogen and oxygen atoms in total. The molecular weight excluding hydrogens is 777 g/mol. The zero-order chi connectivity index (χ0) is 42.2. The predicted octanol–water partition coefficient (Wildman–Crippen LogP) is 8.11. The number of carbonyl (C=O) groups is 3. The summed E-state index contributed by atoms with van der Waals surface area (Å²) in [5.41, 5.74) is 13.3. The molecule has 0 saturated carbocycles. The summed E-state index contributed by atoms with van der Waals surface area (Å²) in [6, 6.07) is 27.9. The Morgan fingerprint density at radius 3 is 2.63 bits per heavy atom. The third-order valence-electron chi connectivity index (χ3n) is 9.83. The van der Waals surface area contributed by atoms with Gasteiger partial charge in [-0.3, -0.25) is 19.4 Å². The number of fused-ring (bicyclic) bond motifs is 2. The van der Waals surface area contributed by atoms with Crippen molar-refractivity contribution in [2.45, 2.75) is 42.9 Å². The van der Waals surface area contributed by atoms with Crippen LogP contribution in [0.15, 0.2) is 107 Å². The second-order valence-corrected chi connectivity index (χ2v) is 15.4. The van der Waals surface area contributed by atoms with E-state index in [1.54, 1.807) is 19.2 Å². The summed E-state index contributed by atoms with van der Waals surface area (Å²) < 4.78 is 11.0. The van der Waals surface area contributed by atoms with Crippen LogP contribution in [0.3, 0.4) is 0 Å². The first-order chi connectivity index (χ1) is 29.1. The molecule has 304 valence electrons. The molecule has 0 unspecified atom stereocenters. The highest BCUT2D eigenvalue weighted by Gasteiger charge is 2.22. The molecule has 0 aliphatic carbocycles. The van der Waals surface area contributed by atoms with Crippen molar-refractivity contribution in [1.29, 1.82) is 0 Å². The molecule has 0 spiro atoms. The number of phenols is 1. The van der Waals surface area contributed by atoms with Gasteiger partial charge < -0.3 is 41.6 Å². The molecule has 0 atom stereocenters. The number of pyridine rings is 1. The highest BCUT2D eigenvalue weighted by Crippen LogP contribution is 2.40. The number of hydrogen-bond acceptors (Lipinski definition) is 10. The number of unbranched alkanes of at least 4 members (excludes halogenated alkanes) is 1. The molecule has 1 aliphatic heterocycles. The molecule has 1 aliphatic rings. The highest BCUT2D eigenvalue weighted by atomic mass is 32.2. The minimum atomic E-state index is -0.600. The molecule has 3 amide bonds. The quantitative estimate of drug-likeness (QED) is 0.0358. The van der Waals surface area contributed by atoms with Crippen LogP contribution in [-0.4, -0.2) is 54.6 Å². The normalized spacial score (nSPS) is 11.8. The summed E-state index contributed by atoms with van der Waals surface area (Å²) in [4.78, 5) is 43.9. The van der Waals surface area contributed by atoms with Crippen LogP contribution in [-0.2, 0) is 11.2 Å². The zero-order valence-corrected chi connectivity index (χ0v) is 34.2. The maximum Gasteiger partial charge on any atom is 0.262 e. The highest BCUT2D eigenvalue weighted by molar-refractivity contribution is 7.99. The Morgan fingerprint density at radius 1 is 0.967 bits per heavy atom. The number of primary amides is 1. The van der Waals surface area contributed by atoms with E-state index >= 15 is 0 Å². The Bertz CT molecular complexity index is 2690. The van der Waals surface area contributed by atoms with Crippen LogP contribution in [0.1, 0.15) is 55.8 Å². The molecule has 7 rings (SSSR count). The van der Waals surface area contributed by atoms with Gasteiger partial charge in [0.15, 0.2) is 12.4 Å². The van der Waals surface area contributed by atoms with Gasteiger partial charge in [-0.15, -0.1) is 0 Å². The molecule has 60 heavy (non-hydrogen) atoms. The average molecular weight is 821 g/mol. The van der Waals surface area contributed by atoms with Gasteiger partial charge in [-0.05, 0) is 123 Å². The maximum atomic E-state index is 13.4. The third kappa shape index (κ3) is 9.81. The first-order valence-corrected chi connectivity index (χ1v) is 20.2. The van der Waals surface area contributed by atoms with Crippen molar-refractivity contribution in [3.05, 3.63) is 131 Å².